The molecule has 0 radical (unpaired) electrons. The van der Waals surface area contributed by atoms with Crippen LogP contribution in [0.15, 0.2) is 91.0 Å². The Morgan fingerprint density at radius 1 is 0.816 bits per heavy atom. The molecule has 1 N–H and O–H groups in total. The summed E-state index contributed by atoms with van der Waals surface area (Å²) in [6.45, 7) is 0.406. The van der Waals surface area contributed by atoms with Crippen LogP contribution in [0.25, 0.3) is 11.1 Å². The van der Waals surface area contributed by atoms with Crippen LogP contribution >= 0.6 is 11.6 Å². The van der Waals surface area contributed by atoms with Gasteiger partial charge in [-0.05, 0) is 64.4 Å². The highest BCUT2D eigenvalue weighted by Crippen LogP contribution is 2.44. The molecule has 1 heterocycles. The van der Waals surface area contributed by atoms with E-state index in [-0.39, 0.29) is 31.4 Å². The predicted octanol–water partition coefficient (Wildman–Crippen LogP) is 7.03. The SMILES string of the molecule is O=C(NCCC(=O)N1c2ccccc2CCc2ccc(Cl)cc21)OCC1c2ccccc2-c2ccccc21. The van der Waals surface area contributed by atoms with Crippen molar-refractivity contribution in [2.45, 2.75) is 25.2 Å². The fraction of sp³-hybridized carbons (Fsp3) is 0.188. The van der Waals surface area contributed by atoms with Gasteiger partial charge in [0.2, 0.25) is 5.91 Å². The van der Waals surface area contributed by atoms with Crippen molar-refractivity contribution in [3.63, 3.8) is 0 Å². The van der Waals surface area contributed by atoms with Gasteiger partial charge in [-0.15, -0.1) is 0 Å². The molecule has 1 aliphatic carbocycles. The highest BCUT2D eigenvalue weighted by molar-refractivity contribution is 6.31. The third-order valence-corrected chi connectivity index (χ3v) is 7.62. The second-order valence-corrected chi connectivity index (χ2v) is 10.1. The molecule has 2 amide bonds. The van der Waals surface area contributed by atoms with Crippen LogP contribution < -0.4 is 10.2 Å². The Morgan fingerprint density at radius 3 is 2.18 bits per heavy atom. The first-order chi connectivity index (χ1) is 18.6. The normalized spacial score (nSPS) is 13.6. The minimum absolute atomic E-state index is 0.00960. The van der Waals surface area contributed by atoms with Crippen molar-refractivity contribution >= 4 is 35.0 Å². The van der Waals surface area contributed by atoms with Gasteiger partial charge in [-0.1, -0.05) is 84.4 Å². The number of anilines is 2. The van der Waals surface area contributed by atoms with Crippen LogP contribution in [-0.4, -0.2) is 25.2 Å². The highest BCUT2D eigenvalue weighted by atomic mass is 35.5. The molecule has 0 unspecified atom stereocenters. The van der Waals surface area contributed by atoms with Crippen LogP contribution in [-0.2, 0) is 22.4 Å². The first-order valence-corrected chi connectivity index (χ1v) is 13.3. The van der Waals surface area contributed by atoms with Crippen LogP contribution in [0.1, 0.15) is 34.6 Å². The molecule has 0 fully saturated rings. The Labute approximate surface area is 227 Å². The van der Waals surface area contributed by atoms with Crippen molar-refractivity contribution in [2.75, 3.05) is 18.1 Å². The lowest BCUT2D eigenvalue weighted by molar-refractivity contribution is -0.117. The molecule has 6 rings (SSSR count). The number of benzene rings is 4. The van der Waals surface area contributed by atoms with Gasteiger partial charge in [0.05, 0.1) is 11.4 Å². The summed E-state index contributed by atoms with van der Waals surface area (Å²) < 4.78 is 5.62. The molecule has 5 nitrogen and oxygen atoms in total. The fourth-order valence-corrected chi connectivity index (χ4v) is 5.76. The van der Waals surface area contributed by atoms with E-state index in [4.69, 9.17) is 16.3 Å². The number of para-hydroxylation sites is 1. The molecule has 0 aromatic heterocycles. The van der Waals surface area contributed by atoms with E-state index in [2.05, 4.69) is 35.6 Å². The first-order valence-electron chi connectivity index (χ1n) is 12.9. The Balaban J connectivity index is 1.11. The number of amides is 2. The summed E-state index contributed by atoms with van der Waals surface area (Å²) in [6.07, 6.45) is 1.27. The second-order valence-electron chi connectivity index (χ2n) is 9.63. The Hall–Kier alpha value is -4.09. The number of carbonyl (C=O) groups excluding carboxylic acids is 2. The zero-order valence-corrected chi connectivity index (χ0v) is 21.6. The van der Waals surface area contributed by atoms with Crippen molar-refractivity contribution in [1.82, 2.24) is 5.32 Å². The Bertz CT molecular complexity index is 1490. The number of rotatable bonds is 5. The number of aryl methyl sites for hydroxylation is 2. The van der Waals surface area contributed by atoms with Crippen LogP contribution in [0, 0.1) is 0 Å². The van der Waals surface area contributed by atoms with E-state index in [0.717, 1.165) is 46.5 Å². The molecule has 0 spiro atoms. The van der Waals surface area contributed by atoms with Crippen molar-refractivity contribution in [1.29, 1.82) is 0 Å². The molecule has 0 atom stereocenters. The standard InChI is InChI=1S/C32H27ClN2O3/c33-23-16-15-22-14-13-21-7-1-6-12-29(21)35(30(22)19-23)31(36)17-18-34-32(37)38-20-28-26-10-4-2-8-24(26)25-9-3-5-11-27(25)28/h1-12,15-16,19,28H,13-14,17-18,20H2,(H,34,37). The van der Waals surface area contributed by atoms with Gasteiger partial charge in [-0.25, -0.2) is 4.79 Å². The van der Waals surface area contributed by atoms with Gasteiger partial charge in [-0.3, -0.25) is 9.69 Å². The topological polar surface area (TPSA) is 58.6 Å². The summed E-state index contributed by atoms with van der Waals surface area (Å²) in [5.41, 5.74) is 8.53. The van der Waals surface area contributed by atoms with E-state index in [1.54, 1.807) is 4.90 Å². The van der Waals surface area contributed by atoms with Gasteiger partial charge in [0.25, 0.3) is 0 Å². The molecule has 1 aliphatic heterocycles. The van der Waals surface area contributed by atoms with Crippen LogP contribution in [0.3, 0.4) is 0 Å². The summed E-state index contributed by atoms with van der Waals surface area (Å²) in [5, 5.41) is 3.35. The molecule has 0 saturated carbocycles. The number of nitrogens with zero attached hydrogens (tertiary/aromatic N) is 1. The van der Waals surface area contributed by atoms with Gasteiger partial charge in [0.15, 0.2) is 0 Å². The van der Waals surface area contributed by atoms with Crippen LogP contribution in [0.4, 0.5) is 16.2 Å². The molecular formula is C32H27ClN2O3. The van der Waals surface area contributed by atoms with Crippen molar-refractivity contribution in [2.24, 2.45) is 0 Å². The van der Waals surface area contributed by atoms with E-state index >= 15 is 0 Å². The monoisotopic (exact) mass is 522 g/mol. The van der Waals surface area contributed by atoms with Crippen LogP contribution in [0.5, 0.6) is 0 Å². The number of ether oxygens (including phenoxy) is 1. The van der Waals surface area contributed by atoms with Gasteiger partial charge < -0.3 is 10.1 Å². The van der Waals surface area contributed by atoms with Crippen molar-refractivity contribution in [3.8, 4) is 11.1 Å². The van der Waals surface area contributed by atoms with Gasteiger partial charge >= 0.3 is 6.09 Å². The number of halogens is 1. The van der Waals surface area contributed by atoms with E-state index in [0.29, 0.717) is 5.02 Å². The van der Waals surface area contributed by atoms with Gasteiger partial charge in [0.1, 0.15) is 6.61 Å². The van der Waals surface area contributed by atoms with Gasteiger partial charge in [-0.2, -0.15) is 0 Å². The largest absolute Gasteiger partial charge is 0.449 e. The molecule has 4 aromatic rings. The molecular weight excluding hydrogens is 496 g/mol. The Kier molecular flexibility index (Phi) is 6.61. The smallest absolute Gasteiger partial charge is 0.407 e. The van der Waals surface area contributed by atoms with E-state index < -0.39 is 6.09 Å². The molecule has 6 heteroatoms. The number of hydrogen-bond donors (Lipinski definition) is 1. The lowest BCUT2D eigenvalue weighted by Gasteiger charge is -2.25. The Morgan fingerprint density at radius 2 is 1.45 bits per heavy atom. The molecule has 4 aromatic carbocycles. The van der Waals surface area contributed by atoms with Crippen molar-refractivity contribution in [3.05, 3.63) is 118 Å². The molecule has 38 heavy (non-hydrogen) atoms. The minimum atomic E-state index is -0.528. The molecule has 0 saturated heterocycles. The fourth-order valence-electron chi connectivity index (χ4n) is 5.60. The predicted molar refractivity (Wildman–Crippen MR) is 150 cm³/mol. The maximum Gasteiger partial charge on any atom is 0.407 e. The van der Waals surface area contributed by atoms with E-state index in [1.165, 1.54) is 11.1 Å². The maximum atomic E-state index is 13.5. The number of nitrogens with one attached hydrogen (secondary N) is 1. The summed E-state index contributed by atoms with van der Waals surface area (Å²) in [7, 11) is 0. The molecule has 2 aliphatic rings. The zero-order chi connectivity index (χ0) is 26.1. The first kappa shape index (κ1) is 24.3. The third kappa shape index (κ3) is 4.54. The number of fused-ring (bicyclic) bond motifs is 5. The summed E-state index contributed by atoms with van der Waals surface area (Å²) >= 11 is 6.31. The average Bonchev–Trinajstić information content (AvgIpc) is 3.16. The lowest BCUT2D eigenvalue weighted by atomic mass is 9.98. The maximum absolute atomic E-state index is 13.5. The number of alkyl carbamates (subject to hydrolysis) is 1. The van der Waals surface area contributed by atoms with Gasteiger partial charge in [0, 0.05) is 23.9 Å². The van der Waals surface area contributed by atoms with E-state index in [9.17, 15) is 9.59 Å². The lowest BCUT2D eigenvalue weighted by Crippen LogP contribution is -2.33. The van der Waals surface area contributed by atoms with Crippen molar-refractivity contribution < 1.29 is 14.3 Å². The summed E-state index contributed by atoms with van der Waals surface area (Å²) in [4.78, 5) is 27.8. The van der Waals surface area contributed by atoms with Crippen LogP contribution in [0.2, 0.25) is 5.02 Å². The average molecular weight is 523 g/mol. The van der Waals surface area contributed by atoms with E-state index in [1.807, 2.05) is 60.7 Å². The number of hydrogen-bond acceptors (Lipinski definition) is 3. The molecule has 0 bridgehead atoms. The molecule has 190 valence electrons. The third-order valence-electron chi connectivity index (χ3n) is 7.39. The zero-order valence-electron chi connectivity index (χ0n) is 20.8. The summed E-state index contributed by atoms with van der Waals surface area (Å²) in [6, 6.07) is 30.1. The highest BCUT2D eigenvalue weighted by Gasteiger charge is 2.29. The number of carbonyl (C=O) groups is 2. The second kappa shape index (κ2) is 10.3. The quantitative estimate of drug-likeness (QED) is 0.306. The minimum Gasteiger partial charge on any atom is -0.449 e. The summed E-state index contributed by atoms with van der Waals surface area (Å²) in [5.74, 6) is -0.119.